The Bertz CT molecular complexity index is 508. The average molecular weight is 273 g/mol. The van der Waals surface area contributed by atoms with Gasteiger partial charge in [-0.3, -0.25) is 4.79 Å². The molecule has 1 aliphatic rings. The Morgan fingerprint density at radius 1 is 1.44 bits per heavy atom. The van der Waals surface area contributed by atoms with E-state index in [-0.39, 0.29) is 22.1 Å². The fourth-order valence-corrected chi connectivity index (χ4v) is 2.42. The summed E-state index contributed by atoms with van der Waals surface area (Å²) in [6, 6.07) is 0.832. The summed E-state index contributed by atoms with van der Waals surface area (Å²) in [5.41, 5.74) is 16.9. The van der Waals surface area contributed by atoms with Crippen molar-refractivity contribution >= 4 is 34.6 Å². The third kappa shape index (κ3) is 1.92. The predicted molar refractivity (Wildman–Crippen MR) is 69.8 cm³/mol. The molecule has 0 bridgehead atoms. The molecule has 1 unspecified atom stereocenters. The smallest absolute Gasteiger partial charge is 0.240 e. The highest BCUT2D eigenvalue weighted by atomic mass is 35.5. The van der Waals surface area contributed by atoms with Crippen LogP contribution in [0.15, 0.2) is 6.07 Å². The molecule has 7 heteroatoms. The zero-order chi connectivity index (χ0) is 13.4. The lowest BCUT2D eigenvalue weighted by Crippen LogP contribution is -2.41. The highest BCUT2D eigenvalue weighted by molar-refractivity contribution is 6.33. The topological polar surface area (TPSA) is 98.4 Å². The van der Waals surface area contributed by atoms with Gasteiger partial charge in [-0.05, 0) is 18.9 Å². The van der Waals surface area contributed by atoms with Crippen molar-refractivity contribution in [2.75, 3.05) is 22.9 Å². The Hall–Kier alpha value is -1.69. The van der Waals surface area contributed by atoms with E-state index in [1.807, 2.05) is 0 Å². The maximum absolute atomic E-state index is 14.1. The van der Waals surface area contributed by atoms with Crippen molar-refractivity contribution in [3.63, 3.8) is 0 Å². The van der Waals surface area contributed by atoms with Gasteiger partial charge in [0.2, 0.25) is 5.91 Å². The highest BCUT2D eigenvalue weighted by Gasteiger charge is 2.33. The van der Waals surface area contributed by atoms with E-state index in [1.54, 1.807) is 4.90 Å². The Labute approximate surface area is 109 Å². The van der Waals surface area contributed by atoms with Crippen LogP contribution in [0.4, 0.5) is 21.5 Å². The van der Waals surface area contributed by atoms with Crippen molar-refractivity contribution in [2.24, 2.45) is 5.73 Å². The third-order valence-electron chi connectivity index (χ3n) is 3.11. The first-order valence-corrected chi connectivity index (χ1v) is 5.90. The molecule has 0 radical (unpaired) electrons. The van der Waals surface area contributed by atoms with Gasteiger partial charge in [-0.25, -0.2) is 4.39 Å². The minimum absolute atomic E-state index is 0.0743. The summed E-state index contributed by atoms with van der Waals surface area (Å²) >= 11 is 5.76. The Kier molecular flexibility index (Phi) is 3.21. The second-order valence-corrected chi connectivity index (χ2v) is 4.66. The summed E-state index contributed by atoms with van der Waals surface area (Å²) in [4.78, 5) is 12.9. The maximum atomic E-state index is 14.1. The van der Waals surface area contributed by atoms with Gasteiger partial charge in [0, 0.05) is 6.54 Å². The molecule has 1 atom stereocenters. The summed E-state index contributed by atoms with van der Waals surface area (Å²) in [6.07, 6.45) is 1.32. The Morgan fingerprint density at radius 2 is 2.11 bits per heavy atom. The van der Waals surface area contributed by atoms with E-state index in [2.05, 4.69) is 0 Å². The normalized spacial score (nSPS) is 19.2. The van der Waals surface area contributed by atoms with Crippen molar-refractivity contribution in [3.05, 3.63) is 16.9 Å². The van der Waals surface area contributed by atoms with E-state index < -0.39 is 17.8 Å². The van der Waals surface area contributed by atoms with Crippen LogP contribution in [0.1, 0.15) is 12.8 Å². The summed E-state index contributed by atoms with van der Waals surface area (Å²) in [6.45, 7) is 0.509. The van der Waals surface area contributed by atoms with Gasteiger partial charge in [0.1, 0.15) is 11.1 Å². The van der Waals surface area contributed by atoms with Gasteiger partial charge in [0.15, 0.2) is 5.82 Å². The van der Waals surface area contributed by atoms with Crippen molar-refractivity contribution in [1.82, 2.24) is 0 Å². The molecule has 1 fully saturated rings. The Morgan fingerprint density at radius 3 is 2.72 bits per heavy atom. The van der Waals surface area contributed by atoms with Crippen LogP contribution in [0.5, 0.6) is 0 Å². The molecule has 1 aliphatic heterocycles. The number of carbonyl (C=O) groups excluding carboxylic acids is 1. The summed E-state index contributed by atoms with van der Waals surface area (Å²) in [7, 11) is 0. The molecule has 1 saturated heterocycles. The average Bonchev–Trinajstić information content (AvgIpc) is 2.75. The largest absolute Gasteiger partial charge is 0.397 e. The number of amides is 1. The number of carbonyl (C=O) groups is 1. The molecular formula is C11H14ClFN4O. The molecular weight excluding hydrogens is 259 g/mol. The molecule has 1 heterocycles. The first-order valence-electron chi connectivity index (χ1n) is 5.52. The number of nitrogens with two attached hydrogens (primary N) is 3. The molecule has 6 N–H and O–H groups in total. The summed E-state index contributed by atoms with van der Waals surface area (Å²) < 4.78 is 14.1. The van der Waals surface area contributed by atoms with Crippen LogP contribution in [0, 0.1) is 5.82 Å². The second-order valence-electron chi connectivity index (χ2n) is 4.29. The maximum Gasteiger partial charge on any atom is 0.240 e. The minimum Gasteiger partial charge on any atom is -0.397 e. The summed E-state index contributed by atoms with van der Waals surface area (Å²) in [5, 5.41) is -0.186. The van der Waals surface area contributed by atoms with Crippen LogP contribution in [0.25, 0.3) is 0 Å². The predicted octanol–water partition coefficient (Wildman–Crippen LogP) is 1.10. The van der Waals surface area contributed by atoms with Crippen molar-refractivity contribution in [2.45, 2.75) is 18.9 Å². The van der Waals surface area contributed by atoms with Crippen molar-refractivity contribution in [1.29, 1.82) is 0 Å². The van der Waals surface area contributed by atoms with E-state index in [4.69, 9.17) is 28.8 Å². The van der Waals surface area contributed by atoms with E-state index >= 15 is 0 Å². The number of hydrogen-bond donors (Lipinski definition) is 3. The fourth-order valence-electron chi connectivity index (χ4n) is 2.28. The van der Waals surface area contributed by atoms with Crippen LogP contribution >= 0.6 is 11.6 Å². The van der Waals surface area contributed by atoms with Gasteiger partial charge in [0.25, 0.3) is 0 Å². The number of primary amides is 1. The van der Waals surface area contributed by atoms with Crippen molar-refractivity contribution < 1.29 is 9.18 Å². The molecule has 0 aliphatic carbocycles. The van der Waals surface area contributed by atoms with Crippen molar-refractivity contribution in [3.8, 4) is 0 Å². The molecule has 1 aromatic carbocycles. The van der Waals surface area contributed by atoms with Gasteiger partial charge >= 0.3 is 0 Å². The molecule has 0 spiro atoms. The highest BCUT2D eigenvalue weighted by Crippen LogP contribution is 2.39. The molecule has 0 saturated carbocycles. The van der Waals surface area contributed by atoms with Crippen LogP contribution in [0.2, 0.25) is 5.02 Å². The number of hydrogen-bond acceptors (Lipinski definition) is 4. The van der Waals surface area contributed by atoms with E-state index in [1.165, 1.54) is 6.07 Å². The van der Waals surface area contributed by atoms with Gasteiger partial charge in [-0.15, -0.1) is 0 Å². The number of halogens is 2. The number of anilines is 3. The molecule has 98 valence electrons. The van der Waals surface area contributed by atoms with Gasteiger partial charge in [0.05, 0.1) is 17.1 Å². The lowest BCUT2D eigenvalue weighted by Gasteiger charge is -2.26. The number of rotatable bonds is 2. The van der Waals surface area contributed by atoms with E-state index in [9.17, 15) is 9.18 Å². The lowest BCUT2D eigenvalue weighted by molar-refractivity contribution is -0.119. The number of nitrogens with zero attached hydrogens (tertiary/aromatic N) is 1. The molecule has 5 nitrogen and oxygen atoms in total. The lowest BCUT2D eigenvalue weighted by atomic mass is 10.1. The molecule has 18 heavy (non-hydrogen) atoms. The monoisotopic (exact) mass is 272 g/mol. The number of nitrogen functional groups attached to an aromatic ring is 2. The summed E-state index contributed by atoms with van der Waals surface area (Å²) in [5.74, 6) is -1.21. The molecule has 0 aromatic heterocycles. The first-order chi connectivity index (χ1) is 8.43. The zero-order valence-corrected chi connectivity index (χ0v) is 10.4. The van der Waals surface area contributed by atoms with E-state index in [0.29, 0.717) is 13.0 Å². The minimum atomic E-state index is -0.706. The molecule has 1 amide bonds. The van der Waals surface area contributed by atoms with Crippen LogP contribution in [-0.2, 0) is 4.79 Å². The second kappa shape index (κ2) is 4.53. The SMILES string of the molecule is NC(=O)C1CCCN1c1c(N)cc(N)c(Cl)c1F. The first kappa shape index (κ1) is 12.8. The van der Waals surface area contributed by atoms with E-state index in [0.717, 1.165) is 6.42 Å². The van der Waals surface area contributed by atoms with Crippen LogP contribution < -0.4 is 22.1 Å². The number of benzene rings is 1. The van der Waals surface area contributed by atoms with Crippen LogP contribution in [-0.4, -0.2) is 18.5 Å². The molecule has 1 aromatic rings. The molecule has 2 rings (SSSR count). The quantitative estimate of drug-likeness (QED) is 0.702. The standard InChI is InChI=1S/C11H14ClFN4O/c12-8-5(14)4-6(15)10(9(8)13)17-3-1-2-7(17)11(16)18/h4,7H,1-3,14-15H2,(H2,16,18). The fraction of sp³-hybridized carbons (Fsp3) is 0.364. The van der Waals surface area contributed by atoms with Gasteiger partial charge in [-0.1, -0.05) is 11.6 Å². The van der Waals surface area contributed by atoms with Gasteiger partial charge < -0.3 is 22.1 Å². The third-order valence-corrected chi connectivity index (χ3v) is 3.49. The van der Waals surface area contributed by atoms with Crippen LogP contribution in [0.3, 0.4) is 0 Å². The zero-order valence-electron chi connectivity index (χ0n) is 9.62. The van der Waals surface area contributed by atoms with Gasteiger partial charge in [-0.2, -0.15) is 0 Å². The Balaban J connectivity index is 2.51.